The van der Waals surface area contributed by atoms with Crippen molar-refractivity contribution in [2.24, 2.45) is 0 Å². The summed E-state index contributed by atoms with van der Waals surface area (Å²) in [6.07, 6.45) is 9.71. The number of hydrogen-bond acceptors (Lipinski definition) is 6. The van der Waals surface area contributed by atoms with Crippen LogP contribution in [0.25, 0.3) is 6.08 Å². The fourth-order valence-corrected chi connectivity index (χ4v) is 6.03. The molecule has 2 aliphatic heterocycles. The third kappa shape index (κ3) is 5.74. The molecule has 36 heavy (non-hydrogen) atoms. The minimum Gasteiger partial charge on any atom is -0.378 e. The summed E-state index contributed by atoms with van der Waals surface area (Å²) < 4.78 is 0. The molecule has 2 heterocycles. The van der Waals surface area contributed by atoms with Crippen molar-refractivity contribution in [3.05, 3.63) is 64.9 Å². The first-order chi connectivity index (χ1) is 17.5. The van der Waals surface area contributed by atoms with Gasteiger partial charge in [0.05, 0.1) is 6.61 Å². The van der Waals surface area contributed by atoms with E-state index < -0.39 is 0 Å². The number of carbonyl (C=O) groups excluding carboxylic acids is 1. The highest BCUT2D eigenvalue weighted by atomic mass is 32.2. The highest BCUT2D eigenvalue weighted by molar-refractivity contribution is 7.98. The van der Waals surface area contributed by atoms with Gasteiger partial charge in [-0.1, -0.05) is 25.1 Å². The van der Waals surface area contributed by atoms with Crippen molar-refractivity contribution >= 4 is 29.4 Å². The van der Waals surface area contributed by atoms with Gasteiger partial charge in [-0.2, -0.15) is 5.06 Å². The third-order valence-corrected chi connectivity index (χ3v) is 8.12. The molecule has 6 nitrogen and oxygen atoms in total. The summed E-state index contributed by atoms with van der Waals surface area (Å²) in [5.74, 6) is -0.0490. The number of nitrogens with one attached hydrogen (secondary N) is 2. The molecule has 0 aromatic heterocycles. The van der Waals surface area contributed by atoms with E-state index >= 15 is 0 Å². The van der Waals surface area contributed by atoms with Crippen molar-refractivity contribution in [3.63, 3.8) is 0 Å². The van der Waals surface area contributed by atoms with Crippen molar-refractivity contribution in [2.75, 3.05) is 38.3 Å². The van der Waals surface area contributed by atoms with Crippen LogP contribution >= 0.6 is 11.8 Å². The fraction of sp³-hybridized carbons (Fsp3) is 0.483. The molecule has 1 amide bonds. The van der Waals surface area contributed by atoms with E-state index in [9.17, 15) is 4.79 Å². The summed E-state index contributed by atoms with van der Waals surface area (Å²) >= 11 is 1.73. The molecule has 2 aromatic carbocycles. The molecule has 0 aliphatic carbocycles. The Kier molecular flexibility index (Phi) is 8.99. The number of thioether (sulfide) groups is 1. The lowest BCUT2D eigenvalue weighted by atomic mass is 9.92. The molecular formula is C29H40N4O2S. The summed E-state index contributed by atoms with van der Waals surface area (Å²) in [6.45, 7) is 8.91. The maximum Gasteiger partial charge on any atom is 0.251 e. The topological polar surface area (TPSA) is 56.8 Å². The molecular weight excluding hydrogens is 468 g/mol. The first kappa shape index (κ1) is 26.6. The summed E-state index contributed by atoms with van der Waals surface area (Å²) in [6, 6.07) is 13.6. The Labute approximate surface area is 220 Å². The van der Waals surface area contributed by atoms with E-state index in [-0.39, 0.29) is 11.9 Å². The zero-order valence-electron chi connectivity index (χ0n) is 22.2. The van der Waals surface area contributed by atoms with E-state index in [0.717, 1.165) is 47.5 Å². The largest absolute Gasteiger partial charge is 0.378 e. The Bertz CT molecular complexity index is 1070. The smallest absolute Gasteiger partial charge is 0.251 e. The highest BCUT2D eigenvalue weighted by Gasteiger charge is 2.38. The Hall–Kier alpha value is -2.48. The summed E-state index contributed by atoms with van der Waals surface area (Å²) in [4.78, 5) is 22.5. The van der Waals surface area contributed by atoms with Crippen LogP contribution in [0.3, 0.4) is 0 Å². The van der Waals surface area contributed by atoms with Crippen molar-refractivity contribution < 1.29 is 9.63 Å². The van der Waals surface area contributed by atoms with Gasteiger partial charge in [-0.15, -0.1) is 11.8 Å². The van der Waals surface area contributed by atoms with Crippen LogP contribution in [0.5, 0.6) is 0 Å². The fourth-order valence-electron chi connectivity index (χ4n) is 5.47. The van der Waals surface area contributed by atoms with Crippen LogP contribution in [0.15, 0.2) is 47.5 Å². The van der Waals surface area contributed by atoms with E-state index in [1.165, 1.54) is 17.7 Å². The Morgan fingerprint density at radius 2 is 1.92 bits per heavy atom. The van der Waals surface area contributed by atoms with E-state index in [4.69, 9.17) is 4.84 Å². The number of carbonyl (C=O) groups is 1. The van der Waals surface area contributed by atoms with Crippen molar-refractivity contribution in [1.82, 2.24) is 15.3 Å². The number of rotatable bonds is 10. The molecule has 2 N–H and O–H groups in total. The van der Waals surface area contributed by atoms with Crippen LogP contribution in [0.2, 0.25) is 0 Å². The third-order valence-electron chi connectivity index (χ3n) is 7.33. The predicted molar refractivity (Wildman–Crippen MR) is 150 cm³/mol. The number of aryl methyl sites for hydroxylation is 1. The Morgan fingerprint density at radius 3 is 2.56 bits per heavy atom. The van der Waals surface area contributed by atoms with Crippen LogP contribution in [0, 0.1) is 0 Å². The zero-order chi connectivity index (χ0) is 25.7. The molecule has 0 radical (unpaired) electrons. The van der Waals surface area contributed by atoms with Crippen LogP contribution in [-0.4, -0.2) is 61.0 Å². The van der Waals surface area contributed by atoms with Gasteiger partial charge in [0, 0.05) is 60.6 Å². The monoisotopic (exact) mass is 508 g/mol. The summed E-state index contributed by atoms with van der Waals surface area (Å²) in [5.41, 5.74) is 5.13. The minimum absolute atomic E-state index is 0.0272. The lowest BCUT2D eigenvalue weighted by Gasteiger charge is -2.39. The van der Waals surface area contributed by atoms with Gasteiger partial charge in [-0.3, -0.25) is 9.63 Å². The van der Waals surface area contributed by atoms with Crippen molar-refractivity contribution in [2.45, 2.75) is 63.1 Å². The second-order valence-corrected chi connectivity index (χ2v) is 10.4. The molecule has 0 spiro atoms. The summed E-state index contributed by atoms with van der Waals surface area (Å²) in [5, 5.41) is 8.70. The second kappa shape index (κ2) is 12.2. The average Bonchev–Trinajstić information content (AvgIpc) is 3.14. The number of anilines is 1. The number of piperazine rings is 1. The first-order valence-corrected chi connectivity index (χ1v) is 14.3. The normalized spacial score (nSPS) is 20.6. The Balaban J connectivity index is 1.69. The second-order valence-electron chi connectivity index (χ2n) is 9.56. The van der Waals surface area contributed by atoms with E-state index in [1.54, 1.807) is 18.8 Å². The van der Waals surface area contributed by atoms with E-state index in [1.807, 2.05) is 13.0 Å². The highest BCUT2D eigenvalue weighted by Crippen LogP contribution is 2.34. The molecule has 2 aliphatic rings. The Morgan fingerprint density at radius 1 is 1.19 bits per heavy atom. The van der Waals surface area contributed by atoms with Crippen LogP contribution in [-0.2, 0) is 11.3 Å². The number of benzene rings is 2. The average molecular weight is 509 g/mol. The molecule has 2 unspecified atom stereocenters. The number of fused-ring (bicyclic) bond motifs is 2. The molecule has 2 saturated heterocycles. The quantitative estimate of drug-likeness (QED) is 0.409. The van der Waals surface area contributed by atoms with Gasteiger partial charge in [-0.25, -0.2) is 0 Å². The van der Waals surface area contributed by atoms with Gasteiger partial charge in [0.25, 0.3) is 5.91 Å². The number of hydrogen-bond donors (Lipinski definition) is 2. The van der Waals surface area contributed by atoms with Crippen molar-refractivity contribution in [1.29, 1.82) is 0 Å². The maximum atomic E-state index is 13.0. The van der Waals surface area contributed by atoms with Crippen LogP contribution < -0.4 is 10.6 Å². The molecule has 2 fully saturated rings. The molecule has 2 bridgehead atoms. The van der Waals surface area contributed by atoms with Gasteiger partial charge in [0.2, 0.25) is 0 Å². The molecule has 2 aromatic rings. The van der Waals surface area contributed by atoms with Gasteiger partial charge in [-0.05, 0) is 80.3 Å². The van der Waals surface area contributed by atoms with Crippen LogP contribution in [0.4, 0.5) is 5.69 Å². The van der Waals surface area contributed by atoms with Gasteiger partial charge in [0.1, 0.15) is 0 Å². The number of para-hydroxylation sites is 1. The molecule has 0 saturated carbocycles. The lowest BCUT2D eigenvalue weighted by molar-refractivity contribution is -0.182. The van der Waals surface area contributed by atoms with Gasteiger partial charge in [0.15, 0.2) is 0 Å². The lowest BCUT2D eigenvalue weighted by Crippen LogP contribution is -2.51. The molecule has 194 valence electrons. The number of nitrogens with zero attached hydrogens (tertiary/aromatic N) is 2. The number of amides is 1. The molecule has 7 heteroatoms. The van der Waals surface area contributed by atoms with Gasteiger partial charge < -0.3 is 15.5 Å². The standard InChI is InChI=1S/C29H40N4O2S/c1-6-21-16-25(20(3)31-27-10-8-9-11-28(27)36-5)24(26(17-21)29(34)30-4)14-15-33-22-12-13-23(33)19-32(18-22)35-7-2/h8-11,14-17,20,22-23,31H,6-7,12-13,18-19H2,1-5H3,(H,30,34)/b15-14+/t20-,22?,23?/m1/s1. The zero-order valence-corrected chi connectivity index (χ0v) is 23.0. The van der Waals surface area contributed by atoms with E-state index in [0.29, 0.717) is 18.7 Å². The first-order valence-electron chi connectivity index (χ1n) is 13.1. The predicted octanol–water partition coefficient (Wildman–Crippen LogP) is 5.57. The maximum absolute atomic E-state index is 13.0. The van der Waals surface area contributed by atoms with Crippen LogP contribution in [0.1, 0.15) is 66.7 Å². The minimum atomic E-state index is -0.0490. The summed E-state index contributed by atoms with van der Waals surface area (Å²) in [7, 11) is 1.71. The van der Waals surface area contributed by atoms with Gasteiger partial charge >= 0.3 is 0 Å². The number of hydroxylamine groups is 2. The molecule has 3 atom stereocenters. The molecule has 4 rings (SSSR count). The van der Waals surface area contributed by atoms with E-state index in [2.05, 4.69) is 83.3 Å². The van der Waals surface area contributed by atoms with Crippen molar-refractivity contribution in [3.8, 4) is 0 Å². The SMILES string of the molecule is CCON1CC2CCC(C1)N2/C=C/c1c(C(=O)NC)cc(CC)cc1[C@@H](C)Nc1ccccc1SC.